The Hall–Kier alpha value is -0.710. The predicted molar refractivity (Wildman–Crippen MR) is 65.9 cm³/mol. The Bertz CT molecular complexity index is 386. The van der Waals surface area contributed by atoms with Crippen molar-refractivity contribution in [1.82, 2.24) is 9.88 Å². The minimum absolute atomic E-state index is 0.136. The van der Waals surface area contributed by atoms with Crippen LogP contribution in [0.3, 0.4) is 0 Å². The molecule has 93 valence electrons. The molecule has 1 aliphatic rings. The van der Waals surface area contributed by atoms with Gasteiger partial charge in [0, 0.05) is 24.7 Å². The van der Waals surface area contributed by atoms with E-state index in [0.29, 0.717) is 11.7 Å². The third-order valence-corrected chi connectivity index (χ3v) is 3.33. The van der Waals surface area contributed by atoms with Crippen LogP contribution < -0.4 is 5.73 Å². The Balaban J connectivity index is 2.16. The molecule has 0 aliphatic carbocycles. The summed E-state index contributed by atoms with van der Waals surface area (Å²) in [4.78, 5) is 6.05. The van der Waals surface area contributed by atoms with Gasteiger partial charge >= 0.3 is 0 Å². The predicted octanol–water partition coefficient (Wildman–Crippen LogP) is 2.52. The van der Waals surface area contributed by atoms with Crippen molar-refractivity contribution >= 4 is 11.6 Å². The molecular weight excluding hydrogens is 241 g/mol. The second-order valence-electron chi connectivity index (χ2n) is 4.19. The Morgan fingerprint density at radius 3 is 3.18 bits per heavy atom. The molecule has 1 atom stereocenters. The van der Waals surface area contributed by atoms with E-state index in [0.717, 1.165) is 37.6 Å². The van der Waals surface area contributed by atoms with E-state index < -0.39 is 0 Å². The Morgan fingerprint density at radius 2 is 2.41 bits per heavy atom. The van der Waals surface area contributed by atoms with Crippen molar-refractivity contribution in [1.29, 1.82) is 0 Å². The summed E-state index contributed by atoms with van der Waals surface area (Å²) in [7, 11) is 0. The van der Waals surface area contributed by atoms with Crippen LogP contribution in [-0.2, 0) is 0 Å². The molecule has 2 heterocycles. The normalized spacial score (nSPS) is 21.0. The maximum Gasteiger partial charge on any atom is 0.141 e. The highest BCUT2D eigenvalue weighted by Crippen LogP contribution is 2.36. The maximum absolute atomic E-state index is 13.2. The summed E-state index contributed by atoms with van der Waals surface area (Å²) in [6.07, 6.45) is 4.01. The van der Waals surface area contributed by atoms with E-state index in [4.69, 9.17) is 17.3 Å². The standard InChI is InChI=1S/C12H16ClFN3/c13-12-10(7-9(14)8-16-12)11-3-1-5-17(11)6-2-4-15/h5,7-8,11H,1-4,6,15H2/t11-/m1/s1. The van der Waals surface area contributed by atoms with Gasteiger partial charge in [-0.3, -0.25) is 4.90 Å². The topological polar surface area (TPSA) is 42.1 Å². The number of hydrogen-bond donors (Lipinski definition) is 1. The zero-order valence-electron chi connectivity index (χ0n) is 9.57. The number of halogens is 2. The lowest BCUT2D eigenvalue weighted by Crippen LogP contribution is -2.24. The van der Waals surface area contributed by atoms with E-state index in [-0.39, 0.29) is 11.9 Å². The van der Waals surface area contributed by atoms with Crippen LogP contribution in [0.5, 0.6) is 0 Å². The van der Waals surface area contributed by atoms with Crippen LogP contribution >= 0.6 is 11.6 Å². The number of nitrogens with two attached hydrogens (primary N) is 1. The molecule has 0 bridgehead atoms. The van der Waals surface area contributed by atoms with Gasteiger partial charge in [-0.2, -0.15) is 0 Å². The first-order chi connectivity index (χ1) is 8.22. The average molecular weight is 257 g/mol. The van der Waals surface area contributed by atoms with Crippen molar-refractivity contribution < 1.29 is 4.39 Å². The summed E-state index contributed by atoms with van der Waals surface area (Å²) in [5, 5.41) is 0.393. The quantitative estimate of drug-likeness (QED) is 0.842. The van der Waals surface area contributed by atoms with Gasteiger partial charge in [0.15, 0.2) is 0 Å². The van der Waals surface area contributed by atoms with Crippen molar-refractivity contribution in [3.05, 3.63) is 35.3 Å². The maximum atomic E-state index is 13.2. The van der Waals surface area contributed by atoms with Crippen molar-refractivity contribution in [3.8, 4) is 0 Å². The third-order valence-electron chi connectivity index (χ3n) is 3.02. The first kappa shape index (κ1) is 12.7. The molecule has 1 aliphatic heterocycles. The average Bonchev–Trinajstić information content (AvgIpc) is 2.77. The molecule has 2 rings (SSSR count). The minimum atomic E-state index is -0.338. The summed E-state index contributed by atoms with van der Waals surface area (Å²) in [6.45, 7) is 3.68. The fourth-order valence-corrected chi connectivity index (χ4v) is 2.45. The lowest BCUT2D eigenvalue weighted by atomic mass is 10.1. The van der Waals surface area contributed by atoms with Gasteiger partial charge in [0.2, 0.25) is 0 Å². The van der Waals surface area contributed by atoms with Crippen LogP contribution in [0.1, 0.15) is 30.9 Å². The lowest BCUT2D eigenvalue weighted by Gasteiger charge is -2.24. The van der Waals surface area contributed by atoms with E-state index in [1.165, 1.54) is 6.07 Å². The molecule has 1 fully saturated rings. The first-order valence-electron chi connectivity index (χ1n) is 5.82. The Morgan fingerprint density at radius 1 is 1.59 bits per heavy atom. The first-order valence-corrected chi connectivity index (χ1v) is 6.20. The van der Waals surface area contributed by atoms with Crippen LogP contribution in [0.2, 0.25) is 5.15 Å². The van der Waals surface area contributed by atoms with Gasteiger partial charge in [0.05, 0.1) is 6.20 Å². The summed E-state index contributed by atoms with van der Waals surface area (Å²) in [5.74, 6) is -0.338. The highest BCUT2D eigenvalue weighted by molar-refractivity contribution is 6.30. The summed E-state index contributed by atoms with van der Waals surface area (Å²) < 4.78 is 13.2. The molecule has 3 nitrogen and oxygen atoms in total. The fourth-order valence-electron chi connectivity index (χ4n) is 2.22. The molecule has 0 saturated carbocycles. The van der Waals surface area contributed by atoms with Gasteiger partial charge < -0.3 is 5.73 Å². The number of hydrogen-bond acceptors (Lipinski definition) is 3. The fraction of sp³-hybridized carbons (Fsp3) is 0.500. The van der Waals surface area contributed by atoms with Crippen LogP contribution in [0.25, 0.3) is 0 Å². The van der Waals surface area contributed by atoms with Gasteiger partial charge in [-0.05, 0) is 31.9 Å². The van der Waals surface area contributed by atoms with Gasteiger partial charge in [0.1, 0.15) is 11.0 Å². The van der Waals surface area contributed by atoms with Crippen LogP contribution in [0.15, 0.2) is 12.3 Å². The SMILES string of the molecule is NCCCN1[CH]CC[C@@H]1c1cc(F)cnc1Cl. The lowest BCUT2D eigenvalue weighted by molar-refractivity contribution is 0.289. The van der Waals surface area contributed by atoms with E-state index >= 15 is 0 Å². The minimum Gasteiger partial charge on any atom is -0.330 e. The van der Waals surface area contributed by atoms with Crippen LogP contribution in [0.4, 0.5) is 4.39 Å². The largest absolute Gasteiger partial charge is 0.330 e. The van der Waals surface area contributed by atoms with Crippen molar-refractivity contribution in [2.75, 3.05) is 13.1 Å². The summed E-state index contributed by atoms with van der Waals surface area (Å²) in [6, 6.07) is 1.62. The molecule has 17 heavy (non-hydrogen) atoms. The highest BCUT2D eigenvalue weighted by Gasteiger charge is 2.28. The monoisotopic (exact) mass is 256 g/mol. The van der Waals surface area contributed by atoms with Gasteiger partial charge in [-0.1, -0.05) is 11.6 Å². The third kappa shape index (κ3) is 2.94. The molecule has 5 heteroatoms. The van der Waals surface area contributed by atoms with Gasteiger partial charge in [-0.15, -0.1) is 0 Å². The van der Waals surface area contributed by atoms with E-state index in [1.54, 1.807) is 0 Å². The van der Waals surface area contributed by atoms with E-state index in [9.17, 15) is 4.39 Å². The molecule has 0 amide bonds. The number of rotatable bonds is 4. The number of nitrogens with zero attached hydrogens (tertiary/aromatic N) is 2. The smallest absolute Gasteiger partial charge is 0.141 e. The molecule has 2 N–H and O–H groups in total. The molecule has 1 radical (unpaired) electrons. The van der Waals surface area contributed by atoms with Gasteiger partial charge in [-0.25, -0.2) is 9.37 Å². The second-order valence-corrected chi connectivity index (χ2v) is 4.55. The van der Waals surface area contributed by atoms with Crippen molar-refractivity contribution in [2.45, 2.75) is 25.3 Å². The molecule has 0 aromatic carbocycles. The number of pyridine rings is 1. The summed E-state index contributed by atoms with van der Waals surface area (Å²) >= 11 is 6.03. The van der Waals surface area contributed by atoms with Crippen molar-refractivity contribution in [3.63, 3.8) is 0 Å². The Labute approximate surface area is 106 Å². The van der Waals surface area contributed by atoms with E-state index in [2.05, 4.69) is 16.4 Å². The molecule has 1 aromatic heterocycles. The van der Waals surface area contributed by atoms with Crippen LogP contribution in [0, 0.1) is 12.4 Å². The Kier molecular flexibility index (Phi) is 4.31. The molecular formula is C12H16ClFN3. The van der Waals surface area contributed by atoms with Gasteiger partial charge in [0.25, 0.3) is 0 Å². The molecule has 0 unspecified atom stereocenters. The van der Waals surface area contributed by atoms with E-state index in [1.807, 2.05) is 0 Å². The van der Waals surface area contributed by atoms with Crippen LogP contribution in [-0.4, -0.2) is 23.0 Å². The molecule has 1 aromatic rings. The number of likely N-dealkylation sites (tertiary alicyclic amines) is 1. The molecule has 1 saturated heterocycles. The summed E-state index contributed by atoms with van der Waals surface area (Å²) in [5.41, 5.74) is 6.28. The van der Waals surface area contributed by atoms with Crippen molar-refractivity contribution in [2.24, 2.45) is 5.73 Å². The zero-order chi connectivity index (χ0) is 12.3. The number of aromatic nitrogens is 1. The second kappa shape index (κ2) is 5.76. The highest BCUT2D eigenvalue weighted by atomic mass is 35.5. The zero-order valence-corrected chi connectivity index (χ0v) is 10.3. The molecule has 0 spiro atoms.